The van der Waals surface area contributed by atoms with Crippen LogP contribution in [0.15, 0.2) is 22.7 Å². The minimum Gasteiger partial charge on any atom is -0.368 e. The maximum Gasteiger partial charge on any atom is 0.0513 e. The van der Waals surface area contributed by atoms with E-state index in [4.69, 9.17) is 11.6 Å². The summed E-state index contributed by atoms with van der Waals surface area (Å²) in [5.74, 6) is 0.578. The number of halogens is 2. The molecule has 1 nitrogen and oxygen atoms in total. The average molecular weight is 303 g/mol. The minimum absolute atomic E-state index is 0.578. The summed E-state index contributed by atoms with van der Waals surface area (Å²) in [5, 5.41) is 0. The highest BCUT2D eigenvalue weighted by Gasteiger charge is 2.20. The Morgan fingerprint density at radius 2 is 2.25 bits per heavy atom. The van der Waals surface area contributed by atoms with Crippen LogP contribution in [-0.4, -0.2) is 12.6 Å². The van der Waals surface area contributed by atoms with Crippen molar-refractivity contribution in [3.8, 4) is 0 Å². The lowest BCUT2D eigenvalue weighted by Gasteiger charge is -2.36. The zero-order valence-corrected chi connectivity index (χ0v) is 11.9. The second-order valence-corrected chi connectivity index (χ2v) is 5.58. The van der Waals surface area contributed by atoms with Gasteiger partial charge in [0.1, 0.15) is 0 Å². The fraction of sp³-hybridized carbons (Fsp3) is 0.538. The van der Waals surface area contributed by atoms with Gasteiger partial charge in [0.2, 0.25) is 0 Å². The summed E-state index contributed by atoms with van der Waals surface area (Å²) < 4.78 is 1.17. The summed E-state index contributed by atoms with van der Waals surface area (Å²) in [4.78, 5) is 2.49. The van der Waals surface area contributed by atoms with E-state index in [0.717, 1.165) is 0 Å². The molecule has 0 amide bonds. The van der Waals surface area contributed by atoms with Gasteiger partial charge in [-0.25, -0.2) is 0 Å². The van der Waals surface area contributed by atoms with Gasteiger partial charge in [-0.05, 0) is 59.8 Å². The summed E-state index contributed by atoms with van der Waals surface area (Å²) in [7, 11) is 0. The summed E-state index contributed by atoms with van der Waals surface area (Å²) in [5.41, 5.74) is 2.48. The largest absolute Gasteiger partial charge is 0.368 e. The minimum atomic E-state index is 0.578. The fourth-order valence-corrected chi connectivity index (χ4v) is 3.14. The van der Waals surface area contributed by atoms with E-state index in [-0.39, 0.29) is 0 Å². The molecule has 0 radical (unpaired) electrons. The topological polar surface area (TPSA) is 3.24 Å². The number of rotatable bonds is 2. The number of nitrogens with zero attached hydrogens (tertiary/aromatic N) is 1. The van der Waals surface area contributed by atoms with Crippen molar-refractivity contribution in [2.45, 2.75) is 38.1 Å². The Kier molecular flexibility index (Phi) is 4.15. The summed E-state index contributed by atoms with van der Waals surface area (Å²) in [6.07, 6.45) is 3.95. The Morgan fingerprint density at radius 3 is 2.88 bits per heavy atom. The Bertz CT molecular complexity index is 367. The molecular formula is C13H17BrClN. The third-order valence-electron chi connectivity index (χ3n) is 3.28. The van der Waals surface area contributed by atoms with Gasteiger partial charge in [0.25, 0.3) is 0 Å². The molecule has 1 atom stereocenters. The first-order valence-electron chi connectivity index (χ1n) is 5.83. The van der Waals surface area contributed by atoms with Crippen LogP contribution in [0.3, 0.4) is 0 Å². The van der Waals surface area contributed by atoms with Crippen molar-refractivity contribution in [2.75, 3.05) is 11.4 Å². The lowest BCUT2D eigenvalue weighted by molar-refractivity contribution is 0.484. The van der Waals surface area contributed by atoms with Gasteiger partial charge in [-0.15, -0.1) is 11.6 Å². The van der Waals surface area contributed by atoms with Crippen molar-refractivity contribution in [3.05, 3.63) is 28.2 Å². The molecule has 16 heavy (non-hydrogen) atoms. The molecule has 1 unspecified atom stereocenters. The second kappa shape index (κ2) is 5.42. The third kappa shape index (κ3) is 2.54. The average Bonchev–Trinajstić information content (AvgIpc) is 2.30. The van der Waals surface area contributed by atoms with Crippen LogP contribution >= 0.6 is 27.5 Å². The van der Waals surface area contributed by atoms with Gasteiger partial charge in [-0.3, -0.25) is 0 Å². The Hall–Kier alpha value is -0.210. The van der Waals surface area contributed by atoms with Gasteiger partial charge < -0.3 is 4.90 Å². The Balaban J connectivity index is 2.25. The Morgan fingerprint density at radius 1 is 1.44 bits per heavy atom. The number of benzene rings is 1. The van der Waals surface area contributed by atoms with Crippen LogP contribution in [0.5, 0.6) is 0 Å². The van der Waals surface area contributed by atoms with Gasteiger partial charge in [0, 0.05) is 22.9 Å². The normalized spacial score (nSPS) is 21.2. The Labute approximate surface area is 111 Å². The highest BCUT2D eigenvalue weighted by molar-refractivity contribution is 9.10. The number of piperidine rings is 1. The highest BCUT2D eigenvalue weighted by atomic mass is 79.9. The predicted molar refractivity (Wildman–Crippen MR) is 74.4 cm³/mol. The number of anilines is 1. The molecule has 0 spiro atoms. The van der Waals surface area contributed by atoms with E-state index in [1.54, 1.807) is 0 Å². The molecule has 1 aromatic rings. The molecule has 3 heteroatoms. The molecule has 1 aromatic carbocycles. The van der Waals surface area contributed by atoms with E-state index in [2.05, 4.69) is 46.0 Å². The lowest BCUT2D eigenvalue weighted by atomic mass is 10.0. The van der Waals surface area contributed by atoms with Crippen LogP contribution < -0.4 is 4.90 Å². The maximum absolute atomic E-state index is 5.83. The monoisotopic (exact) mass is 301 g/mol. The summed E-state index contributed by atoms with van der Waals surface area (Å²) >= 11 is 9.48. The zero-order valence-electron chi connectivity index (χ0n) is 9.55. The number of alkyl halides is 1. The molecule has 1 aliphatic heterocycles. The van der Waals surface area contributed by atoms with E-state index in [1.165, 1.54) is 41.5 Å². The van der Waals surface area contributed by atoms with Crippen molar-refractivity contribution in [2.24, 2.45) is 0 Å². The van der Waals surface area contributed by atoms with Crippen LogP contribution in [0.2, 0.25) is 0 Å². The van der Waals surface area contributed by atoms with Crippen LogP contribution in [0.1, 0.15) is 31.7 Å². The van der Waals surface area contributed by atoms with E-state index in [0.29, 0.717) is 11.9 Å². The van der Waals surface area contributed by atoms with Crippen LogP contribution in [0, 0.1) is 0 Å². The smallest absolute Gasteiger partial charge is 0.0513 e. The first kappa shape index (κ1) is 12.3. The highest BCUT2D eigenvalue weighted by Crippen LogP contribution is 2.32. The molecule has 0 saturated carbocycles. The number of hydrogen-bond donors (Lipinski definition) is 0. The first-order valence-corrected chi connectivity index (χ1v) is 7.16. The van der Waals surface area contributed by atoms with Crippen molar-refractivity contribution >= 4 is 33.2 Å². The predicted octanol–water partition coefficient (Wildman–Crippen LogP) is 4.57. The maximum atomic E-state index is 5.83. The van der Waals surface area contributed by atoms with Crippen LogP contribution in [-0.2, 0) is 5.88 Å². The van der Waals surface area contributed by atoms with E-state index in [1.807, 2.05) is 0 Å². The first-order chi connectivity index (χ1) is 7.72. The second-order valence-electron chi connectivity index (χ2n) is 4.46. The SMILES string of the molecule is CC1CCCCN1c1ccc(CCl)cc1Br. The summed E-state index contributed by atoms with van der Waals surface area (Å²) in [6.45, 7) is 3.47. The molecular weight excluding hydrogens is 286 g/mol. The van der Waals surface area contributed by atoms with Gasteiger partial charge in [0.15, 0.2) is 0 Å². The van der Waals surface area contributed by atoms with Gasteiger partial charge in [-0.2, -0.15) is 0 Å². The van der Waals surface area contributed by atoms with Gasteiger partial charge in [-0.1, -0.05) is 6.07 Å². The van der Waals surface area contributed by atoms with Gasteiger partial charge in [0.05, 0.1) is 5.69 Å². The molecule has 1 saturated heterocycles. The fourth-order valence-electron chi connectivity index (χ4n) is 2.32. The molecule has 0 bridgehead atoms. The molecule has 0 aromatic heterocycles. The standard InChI is InChI=1S/C13H17BrClN/c1-10-4-2-3-7-16(10)13-6-5-11(9-15)8-12(13)14/h5-6,8,10H,2-4,7,9H2,1H3. The molecule has 1 fully saturated rings. The van der Waals surface area contributed by atoms with E-state index < -0.39 is 0 Å². The third-order valence-corrected chi connectivity index (χ3v) is 4.22. The lowest BCUT2D eigenvalue weighted by Crippen LogP contribution is -2.37. The van der Waals surface area contributed by atoms with E-state index in [9.17, 15) is 0 Å². The molecule has 1 heterocycles. The van der Waals surface area contributed by atoms with E-state index >= 15 is 0 Å². The zero-order chi connectivity index (χ0) is 11.5. The molecule has 1 aliphatic rings. The quantitative estimate of drug-likeness (QED) is 0.724. The molecule has 88 valence electrons. The molecule has 2 rings (SSSR count). The van der Waals surface area contributed by atoms with Crippen LogP contribution in [0.25, 0.3) is 0 Å². The van der Waals surface area contributed by atoms with Gasteiger partial charge >= 0.3 is 0 Å². The van der Waals surface area contributed by atoms with Crippen molar-refractivity contribution in [3.63, 3.8) is 0 Å². The summed E-state index contributed by atoms with van der Waals surface area (Å²) in [6, 6.07) is 7.08. The number of hydrogen-bond acceptors (Lipinski definition) is 1. The van der Waals surface area contributed by atoms with Crippen LogP contribution in [0.4, 0.5) is 5.69 Å². The molecule has 0 N–H and O–H groups in total. The van der Waals surface area contributed by atoms with Crippen molar-refractivity contribution < 1.29 is 0 Å². The van der Waals surface area contributed by atoms with Crippen molar-refractivity contribution in [1.29, 1.82) is 0 Å². The molecule has 0 aliphatic carbocycles. The van der Waals surface area contributed by atoms with Crippen molar-refractivity contribution in [1.82, 2.24) is 0 Å².